The summed E-state index contributed by atoms with van der Waals surface area (Å²) in [5, 5.41) is 12.0. The average Bonchev–Trinajstić information content (AvgIpc) is 2.53. The molecule has 0 bridgehead atoms. The normalized spacial score (nSPS) is 12.9. The van der Waals surface area contributed by atoms with Crippen LogP contribution in [0, 0.1) is 22.8 Å². The number of benzene rings is 2. The molecule has 0 aliphatic carbocycles. The summed E-state index contributed by atoms with van der Waals surface area (Å²) in [4.78, 5) is 12.3. The Morgan fingerprint density at radius 1 is 1.13 bits per heavy atom. The molecular formula is C18H17F2NO2. The molecule has 1 atom stereocenters. The molecule has 0 saturated heterocycles. The Morgan fingerprint density at radius 3 is 2.30 bits per heavy atom. The molecule has 0 spiro atoms. The summed E-state index contributed by atoms with van der Waals surface area (Å²) in [6.45, 7) is 1.55. The number of Topliss-reactive ketones (excluding diaryl/α,β-unsaturated/α-hetero) is 1. The molecule has 0 saturated carbocycles. The molecule has 1 unspecified atom stereocenters. The van der Waals surface area contributed by atoms with Gasteiger partial charge in [0.1, 0.15) is 11.6 Å². The van der Waals surface area contributed by atoms with Crippen LogP contribution < -0.4 is 0 Å². The van der Waals surface area contributed by atoms with E-state index in [1.54, 1.807) is 31.2 Å². The lowest BCUT2D eigenvalue weighted by atomic mass is 9.94. The molecule has 23 heavy (non-hydrogen) atoms. The van der Waals surface area contributed by atoms with E-state index in [2.05, 4.69) is 0 Å². The van der Waals surface area contributed by atoms with Crippen molar-refractivity contribution in [3.8, 4) is 0 Å². The zero-order chi connectivity index (χ0) is 16.8. The molecule has 2 aromatic carbocycles. The lowest BCUT2D eigenvalue weighted by Crippen LogP contribution is -2.26. The van der Waals surface area contributed by atoms with Crippen LogP contribution in [0.25, 0.3) is 0 Å². The molecule has 5 heteroatoms. The molecule has 120 valence electrons. The zero-order valence-corrected chi connectivity index (χ0v) is 12.7. The van der Waals surface area contributed by atoms with Crippen LogP contribution in [0.1, 0.15) is 29.3 Å². The smallest absolute Gasteiger partial charge is 0.181 e. The van der Waals surface area contributed by atoms with E-state index in [1.807, 2.05) is 6.07 Å². The quantitative estimate of drug-likeness (QED) is 0.267. The summed E-state index contributed by atoms with van der Waals surface area (Å²) in [7, 11) is 0. The molecular weight excluding hydrogens is 300 g/mol. The summed E-state index contributed by atoms with van der Waals surface area (Å²) in [6.07, 6.45) is 1.67. The highest BCUT2D eigenvalue weighted by Crippen LogP contribution is 2.19. The minimum absolute atomic E-state index is 0.155. The Bertz CT molecular complexity index is 694. The van der Waals surface area contributed by atoms with Gasteiger partial charge in [0.15, 0.2) is 18.5 Å². The van der Waals surface area contributed by atoms with Gasteiger partial charge < -0.3 is 5.21 Å². The number of rotatable bonds is 6. The second kappa shape index (κ2) is 7.63. The molecule has 0 amide bonds. The largest absolute Gasteiger partial charge is 0.624 e. The number of hydrogen-bond donors (Lipinski definition) is 0. The van der Waals surface area contributed by atoms with Gasteiger partial charge in [0.25, 0.3) is 0 Å². The minimum atomic E-state index is -0.905. The van der Waals surface area contributed by atoms with Gasteiger partial charge in [-0.1, -0.05) is 31.2 Å². The third kappa shape index (κ3) is 4.22. The molecule has 3 nitrogen and oxygen atoms in total. The fourth-order valence-electron chi connectivity index (χ4n) is 2.31. The highest BCUT2D eigenvalue weighted by molar-refractivity contribution is 5.98. The van der Waals surface area contributed by atoms with E-state index >= 15 is 0 Å². The first kappa shape index (κ1) is 16.8. The van der Waals surface area contributed by atoms with E-state index in [0.717, 1.165) is 12.1 Å². The predicted octanol–water partition coefficient (Wildman–Crippen LogP) is 3.80. The van der Waals surface area contributed by atoms with Gasteiger partial charge in [-0.3, -0.25) is 4.79 Å². The van der Waals surface area contributed by atoms with Gasteiger partial charge >= 0.3 is 0 Å². The Labute approximate surface area is 133 Å². The van der Waals surface area contributed by atoms with Crippen molar-refractivity contribution >= 4 is 12.0 Å². The van der Waals surface area contributed by atoms with Crippen molar-refractivity contribution in [1.82, 2.24) is 0 Å². The molecule has 0 fully saturated rings. The third-order valence-electron chi connectivity index (χ3n) is 3.57. The van der Waals surface area contributed by atoms with E-state index in [4.69, 9.17) is 0 Å². The summed E-state index contributed by atoms with van der Waals surface area (Å²) in [5.74, 6) is -3.28. The SMILES string of the molecule is CCC(C[N+]([O-])=Cc1ccccc1)C(=O)c1c(F)cccc1F. The van der Waals surface area contributed by atoms with Crippen molar-refractivity contribution in [2.45, 2.75) is 13.3 Å². The molecule has 0 heterocycles. The van der Waals surface area contributed by atoms with Crippen LogP contribution in [0.3, 0.4) is 0 Å². The van der Waals surface area contributed by atoms with Crippen LogP contribution in [-0.2, 0) is 0 Å². The number of halogens is 2. The van der Waals surface area contributed by atoms with Crippen molar-refractivity contribution in [1.29, 1.82) is 0 Å². The first-order valence-electron chi connectivity index (χ1n) is 7.34. The molecule has 0 aromatic heterocycles. The van der Waals surface area contributed by atoms with Crippen molar-refractivity contribution in [3.05, 3.63) is 76.5 Å². The Kier molecular flexibility index (Phi) is 5.57. The maximum absolute atomic E-state index is 13.7. The Morgan fingerprint density at radius 2 is 1.74 bits per heavy atom. The fraction of sp³-hybridized carbons (Fsp3) is 0.222. The third-order valence-corrected chi connectivity index (χ3v) is 3.57. The van der Waals surface area contributed by atoms with Crippen molar-refractivity contribution in [2.75, 3.05) is 6.54 Å². The summed E-state index contributed by atoms with van der Waals surface area (Å²) < 4.78 is 28.1. The van der Waals surface area contributed by atoms with Crippen LogP contribution in [0.5, 0.6) is 0 Å². The van der Waals surface area contributed by atoms with Gasteiger partial charge in [0.05, 0.1) is 11.5 Å². The maximum Gasteiger partial charge on any atom is 0.181 e. The minimum Gasteiger partial charge on any atom is -0.624 e. The molecule has 0 aliphatic rings. The van der Waals surface area contributed by atoms with Crippen LogP contribution in [0.4, 0.5) is 8.78 Å². The predicted molar refractivity (Wildman–Crippen MR) is 84.6 cm³/mol. The highest BCUT2D eigenvalue weighted by atomic mass is 19.1. The Balaban J connectivity index is 2.20. The number of nitrogens with zero attached hydrogens (tertiary/aromatic N) is 1. The van der Waals surface area contributed by atoms with Crippen LogP contribution >= 0.6 is 0 Å². The number of carbonyl (C=O) groups is 1. The van der Waals surface area contributed by atoms with Gasteiger partial charge in [-0.15, -0.1) is 0 Å². The van der Waals surface area contributed by atoms with Gasteiger partial charge in [0.2, 0.25) is 0 Å². The van der Waals surface area contributed by atoms with Gasteiger partial charge in [0, 0.05) is 5.56 Å². The lowest BCUT2D eigenvalue weighted by Gasteiger charge is -2.14. The first-order chi connectivity index (χ1) is 11.0. The number of ketones is 1. The first-order valence-corrected chi connectivity index (χ1v) is 7.34. The van der Waals surface area contributed by atoms with Crippen LogP contribution in [-0.4, -0.2) is 23.3 Å². The van der Waals surface area contributed by atoms with E-state index in [9.17, 15) is 18.8 Å². The summed E-state index contributed by atoms with van der Waals surface area (Å²) in [6, 6.07) is 12.2. The second-order valence-electron chi connectivity index (χ2n) is 5.21. The van der Waals surface area contributed by atoms with Crippen molar-refractivity contribution in [2.24, 2.45) is 5.92 Å². The number of hydrogen-bond acceptors (Lipinski definition) is 2. The fourth-order valence-corrected chi connectivity index (χ4v) is 2.31. The highest BCUT2D eigenvalue weighted by Gasteiger charge is 2.27. The van der Waals surface area contributed by atoms with Gasteiger partial charge in [-0.05, 0) is 30.7 Å². The lowest BCUT2D eigenvalue weighted by molar-refractivity contribution is -0.458. The zero-order valence-electron chi connectivity index (χ0n) is 12.7. The molecule has 2 aromatic rings. The van der Waals surface area contributed by atoms with Crippen molar-refractivity contribution < 1.29 is 18.3 Å². The average molecular weight is 317 g/mol. The molecule has 0 aliphatic heterocycles. The topological polar surface area (TPSA) is 43.1 Å². The summed E-state index contributed by atoms with van der Waals surface area (Å²) >= 11 is 0. The Hall–Kier alpha value is -2.56. The molecule has 0 N–H and O–H groups in total. The van der Waals surface area contributed by atoms with Crippen molar-refractivity contribution in [3.63, 3.8) is 0 Å². The molecule has 2 rings (SSSR count). The second-order valence-corrected chi connectivity index (χ2v) is 5.21. The monoisotopic (exact) mass is 317 g/mol. The standard InChI is InChI=1S/C18H17F2NO2/c1-2-14(12-21(23)11-13-7-4-3-5-8-13)18(22)17-15(19)9-6-10-16(17)20/h3-11,14H,2,12H2,1H3. The van der Waals surface area contributed by atoms with E-state index < -0.39 is 28.9 Å². The van der Waals surface area contributed by atoms with E-state index in [1.165, 1.54) is 12.3 Å². The maximum atomic E-state index is 13.7. The number of hydroxylamine groups is 1. The number of carbonyl (C=O) groups excluding carboxylic acids is 1. The summed E-state index contributed by atoms with van der Waals surface area (Å²) in [5.41, 5.74) is 0.120. The van der Waals surface area contributed by atoms with E-state index in [0.29, 0.717) is 16.7 Å². The van der Waals surface area contributed by atoms with E-state index in [-0.39, 0.29) is 6.54 Å². The van der Waals surface area contributed by atoms with Crippen LogP contribution in [0.15, 0.2) is 48.5 Å². The van der Waals surface area contributed by atoms with Gasteiger partial charge in [-0.25, -0.2) is 13.5 Å². The molecule has 0 radical (unpaired) electrons. The van der Waals surface area contributed by atoms with Crippen LogP contribution in [0.2, 0.25) is 0 Å². The van der Waals surface area contributed by atoms with Gasteiger partial charge in [-0.2, -0.15) is 0 Å².